The van der Waals surface area contributed by atoms with E-state index in [4.69, 9.17) is 4.74 Å². The number of carbonyl (C=O) groups is 2. The summed E-state index contributed by atoms with van der Waals surface area (Å²) in [5.74, 6) is -0.801. The fourth-order valence-corrected chi connectivity index (χ4v) is 3.69. The Hall–Kier alpha value is -2.71. The molecule has 0 unspecified atom stereocenters. The van der Waals surface area contributed by atoms with Crippen LogP contribution in [0.25, 0.3) is 0 Å². The van der Waals surface area contributed by atoms with Crippen molar-refractivity contribution in [3.63, 3.8) is 0 Å². The van der Waals surface area contributed by atoms with E-state index in [1.807, 2.05) is 0 Å². The number of ether oxygens (including phenoxy) is 1. The summed E-state index contributed by atoms with van der Waals surface area (Å²) in [7, 11) is -3.54. The minimum Gasteiger partial charge on any atom is -0.462 e. The maximum atomic E-state index is 12.3. The van der Waals surface area contributed by atoms with Crippen molar-refractivity contribution in [2.75, 3.05) is 11.9 Å². The second-order valence-electron chi connectivity index (χ2n) is 6.17. The number of benzene rings is 2. The van der Waals surface area contributed by atoms with Gasteiger partial charge in [-0.2, -0.15) is 0 Å². The molecule has 0 bridgehead atoms. The third-order valence-corrected chi connectivity index (χ3v) is 5.52. The molecule has 2 aromatic rings. The van der Waals surface area contributed by atoms with Crippen LogP contribution in [0.3, 0.4) is 0 Å². The van der Waals surface area contributed by atoms with Gasteiger partial charge in [0.15, 0.2) is 0 Å². The van der Waals surface area contributed by atoms with Crippen LogP contribution >= 0.6 is 0 Å². The highest BCUT2D eigenvalue weighted by Crippen LogP contribution is 2.22. The topological polar surface area (TPSA) is 102 Å². The van der Waals surface area contributed by atoms with Gasteiger partial charge >= 0.3 is 5.97 Å². The summed E-state index contributed by atoms with van der Waals surface area (Å²) in [6.45, 7) is 2.02. The van der Waals surface area contributed by atoms with Crippen molar-refractivity contribution < 1.29 is 22.7 Å². The highest BCUT2D eigenvalue weighted by atomic mass is 32.2. The van der Waals surface area contributed by atoms with Crippen molar-refractivity contribution in [2.45, 2.75) is 30.7 Å². The lowest BCUT2D eigenvalue weighted by Gasteiger charge is -2.08. The number of esters is 1. The lowest BCUT2D eigenvalue weighted by molar-refractivity contribution is 0.0526. The molecule has 0 atom stereocenters. The van der Waals surface area contributed by atoms with Crippen molar-refractivity contribution in [3.05, 3.63) is 59.7 Å². The normalized spacial score (nSPS) is 13.8. The zero-order chi connectivity index (χ0) is 19.4. The lowest BCUT2D eigenvalue weighted by atomic mass is 10.2. The summed E-state index contributed by atoms with van der Waals surface area (Å²) in [4.78, 5) is 24.1. The van der Waals surface area contributed by atoms with Crippen molar-refractivity contribution in [1.29, 1.82) is 0 Å². The summed E-state index contributed by atoms with van der Waals surface area (Å²) >= 11 is 0. The number of nitrogens with one attached hydrogen (secondary N) is 2. The Labute approximate surface area is 157 Å². The summed E-state index contributed by atoms with van der Waals surface area (Å²) in [5, 5.41) is 2.70. The molecule has 0 heterocycles. The summed E-state index contributed by atoms with van der Waals surface area (Å²) in [6.07, 6.45) is 1.71. The van der Waals surface area contributed by atoms with E-state index in [1.54, 1.807) is 31.2 Å². The van der Waals surface area contributed by atoms with E-state index in [-0.39, 0.29) is 16.8 Å². The molecule has 27 heavy (non-hydrogen) atoms. The molecular weight excluding hydrogens is 368 g/mol. The molecule has 2 aromatic carbocycles. The molecule has 3 rings (SSSR count). The van der Waals surface area contributed by atoms with E-state index < -0.39 is 16.0 Å². The van der Waals surface area contributed by atoms with E-state index in [2.05, 4.69) is 10.0 Å². The molecule has 7 nitrogen and oxygen atoms in total. The largest absolute Gasteiger partial charge is 0.462 e. The van der Waals surface area contributed by atoms with Crippen LogP contribution in [0.1, 0.15) is 40.5 Å². The van der Waals surface area contributed by atoms with Crippen LogP contribution in [0.4, 0.5) is 5.69 Å². The van der Waals surface area contributed by atoms with Gasteiger partial charge in [0.2, 0.25) is 10.0 Å². The number of hydrogen-bond acceptors (Lipinski definition) is 5. The van der Waals surface area contributed by atoms with Gasteiger partial charge in [-0.25, -0.2) is 17.9 Å². The van der Waals surface area contributed by atoms with Gasteiger partial charge in [-0.1, -0.05) is 0 Å². The van der Waals surface area contributed by atoms with Gasteiger partial charge in [0.1, 0.15) is 0 Å². The number of hydrogen-bond donors (Lipinski definition) is 2. The van der Waals surface area contributed by atoms with Crippen LogP contribution in [-0.4, -0.2) is 32.9 Å². The number of rotatable bonds is 7. The Morgan fingerprint density at radius 1 is 1.00 bits per heavy atom. The van der Waals surface area contributed by atoms with Crippen LogP contribution in [0.5, 0.6) is 0 Å². The standard InChI is InChI=1S/C19H20N2O5S/c1-2-26-19(23)14-3-7-15(8-4-14)20-18(22)13-5-11-17(12-6-13)27(24,25)21-16-9-10-16/h3-8,11-12,16,21H,2,9-10H2,1H3,(H,20,22). The third-order valence-electron chi connectivity index (χ3n) is 3.98. The van der Waals surface area contributed by atoms with Crippen molar-refractivity contribution in [2.24, 2.45) is 0 Å². The summed E-state index contributed by atoms with van der Waals surface area (Å²) in [6, 6.07) is 12.1. The molecule has 1 aliphatic carbocycles. The molecule has 0 spiro atoms. The number of anilines is 1. The Kier molecular flexibility index (Phi) is 5.57. The monoisotopic (exact) mass is 388 g/mol. The van der Waals surface area contributed by atoms with E-state index in [1.165, 1.54) is 24.3 Å². The fourth-order valence-electron chi connectivity index (χ4n) is 2.38. The van der Waals surface area contributed by atoms with Gasteiger partial charge < -0.3 is 10.1 Å². The first kappa shape index (κ1) is 19.1. The fraction of sp³-hybridized carbons (Fsp3) is 0.263. The van der Waals surface area contributed by atoms with Crippen LogP contribution in [0.15, 0.2) is 53.4 Å². The zero-order valence-electron chi connectivity index (χ0n) is 14.8. The van der Waals surface area contributed by atoms with E-state index >= 15 is 0 Å². The van der Waals surface area contributed by atoms with E-state index in [0.717, 1.165) is 12.8 Å². The highest BCUT2D eigenvalue weighted by molar-refractivity contribution is 7.89. The van der Waals surface area contributed by atoms with Crippen LogP contribution < -0.4 is 10.0 Å². The second-order valence-corrected chi connectivity index (χ2v) is 7.89. The molecule has 1 aliphatic rings. The first-order valence-corrected chi connectivity index (χ1v) is 10.1. The van der Waals surface area contributed by atoms with Gasteiger partial charge in [0.25, 0.3) is 5.91 Å². The third kappa shape index (κ3) is 4.93. The van der Waals surface area contributed by atoms with E-state index in [9.17, 15) is 18.0 Å². The summed E-state index contributed by atoms with van der Waals surface area (Å²) in [5.41, 5.74) is 1.24. The molecule has 0 aromatic heterocycles. The van der Waals surface area contributed by atoms with Gasteiger partial charge in [0, 0.05) is 17.3 Å². The van der Waals surface area contributed by atoms with Crippen LogP contribution in [-0.2, 0) is 14.8 Å². The molecule has 2 N–H and O–H groups in total. The maximum absolute atomic E-state index is 12.3. The average molecular weight is 388 g/mol. The predicted molar refractivity (Wildman–Crippen MR) is 100 cm³/mol. The Balaban J connectivity index is 1.64. The molecule has 142 valence electrons. The van der Waals surface area contributed by atoms with Crippen molar-refractivity contribution in [1.82, 2.24) is 4.72 Å². The molecule has 0 aliphatic heterocycles. The predicted octanol–water partition coefficient (Wildman–Crippen LogP) is 2.56. The van der Waals surface area contributed by atoms with Gasteiger partial charge in [-0.15, -0.1) is 0 Å². The first-order chi connectivity index (χ1) is 12.9. The zero-order valence-corrected chi connectivity index (χ0v) is 15.6. The Bertz CT molecular complexity index is 933. The quantitative estimate of drug-likeness (QED) is 0.710. The van der Waals surface area contributed by atoms with Crippen molar-refractivity contribution in [3.8, 4) is 0 Å². The summed E-state index contributed by atoms with van der Waals surface area (Å²) < 4.78 is 31.8. The Morgan fingerprint density at radius 3 is 2.15 bits per heavy atom. The van der Waals surface area contributed by atoms with Gasteiger partial charge in [0.05, 0.1) is 17.1 Å². The number of carbonyl (C=O) groups excluding carboxylic acids is 2. The van der Waals surface area contributed by atoms with Gasteiger partial charge in [-0.3, -0.25) is 4.79 Å². The number of sulfonamides is 1. The average Bonchev–Trinajstić information content (AvgIpc) is 3.46. The lowest BCUT2D eigenvalue weighted by Crippen LogP contribution is -2.25. The SMILES string of the molecule is CCOC(=O)c1ccc(NC(=O)c2ccc(S(=O)(=O)NC3CC3)cc2)cc1. The maximum Gasteiger partial charge on any atom is 0.338 e. The Morgan fingerprint density at radius 2 is 1.59 bits per heavy atom. The molecule has 0 radical (unpaired) electrons. The smallest absolute Gasteiger partial charge is 0.338 e. The van der Waals surface area contributed by atoms with E-state index in [0.29, 0.717) is 23.4 Å². The molecule has 8 heteroatoms. The molecule has 0 saturated heterocycles. The van der Waals surface area contributed by atoms with Crippen LogP contribution in [0, 0.1) is 0 Å². The minimum atomic E-state index is -3.54. The molecule has 1 fully saturated rings. The number of amides is 1. The second kappa shape index (κ2) is 7.89. The minimum absolute atomic E-state index is 0.0237. The molecule has 1 saturated carbocycles. The van der Waals surface area contributed by atoms with Crippen molar-refractivity contribution >= 4 is 27.6 Å². The molecular formula is C19H20N2O5S. The van der Waals surface area contributed by atoms with Gasteiger partial charge in [-0.05, 0) is 68.3 Å². The molecule has 1 amide bonds. The van der Waals surface area contributed by atoms with Crippen LogP contribution in [0.2, 0.25) is 0 Å². The first-order valence-electron chi connectivity index (χ1n) is 8.60. The highest BCUT2D eigenvalue weighted by Gasteiger charge is 2.27.